The Balaban J connectivity index is 2.31. The van der Waals surface area contributed by atoms with E-state index in [1.54, 1.807) is 6.92 Å². The van der Waals surface area contributed by atoms with Crippen LogP contribution in [0.2, 0.25) is 0 Å². The van der Waals surface area contributed by atoms with E-state index in [1.807, 2.05) is 12.3 Å². The molecule has 0 saturated carbocycles. The third-order valence-electron chi connectivity index (χ3n) is 2.64. The Labute approximate surface area is 115 Å². The first-order chi connectivity index (χ1) is 8.93. The lowest BCUT2D eigenvalue weighted by atomic mass is 10.3. The van der Waals surface area contributed by atoms with Crippen molar-refractivity contribution < 1.29 is 13.2 Å². The van der Waals surface area contributed by atoms with Gasteiger partial charge in [0.25, 0.3) is 0 Å². The van der Waals surface area contributed by atoms with Crippen molar-refractivity contribution in [3.05, 3.63) is 17.3 Å². The molecule has 2 aromatic rings. The zero-order valence-electron chi connectivity index (χ0n) is 10.9. The molecule has 0 amide bonds. The summed E-state index contributed by atoms with van der Waals surface area (Å²) < 4.78 is 32.1. The number of hydrogen-bond donors (Lipinski definition) is 1. The van der Waals surface area contributed by atoms with Crippen molar-refractivity contribution in [2.45, 2.75) is 20.0 Å². The van der Waals surface area contributed by atoms with E-state index >= 15 is 0 Å². The first-order valence-electron chi connectivity index (χ1n) is 5.65. The predicted molar refractivity (Wildman–Crippen MR) is 76.0 cm³/mol. The first-order valence-corrected chi connectivity index (χ1v) is 8.18. The molecule has 0 saturated heterocycles. The summed E-state index contributed by atoms with van der Waals surface area (Å²) in [6.45, 7) is 3.63. The van der Waals surface area contributed by atoms with E-state index in [0.29, 0.717) is 5.82 Å². The van der Waals surface area contributed by atoms with Gasteiger partial charge in [-0.25, -0.2) is 18.4 Å². The number of nitrogens with zero attached hydrogens (tertiary/aromatic N) is 2. The summed E-state index contributed by atoms with van der Waals surface area (Å²) in [6.07, 6.45) is 0.986. The highest BCUT2D eigenvalue weighted by Crippen LogP contribution is 2.28. The summed E-state index contributed by atoms with van der Waals surface area (Å²) in [4.78, 5) is 8.16. The topological polar surface area (TPSA) is 81.2 Å². The molecule has 6 nitrogen and oxygen atoms in total. The molecule has 0 aliphatic rings. The number of anilines is 1. The molecule has 2 aromatic heterocycles. The van der Waals surface area contributed by atoms with Gasteiger partial charge in [-0.15, -0.1) is 11.3 Å². The van der Waals surface area contributed by atoms with Crippen LogP contribution in [0.4, 0.5) is 5.82 Å². The number of aromatic nitrogens is 2. The molecule has 0 bridgehead atoms. The highest BCUT2D eigenvalue weighted by Gasteiger charge is 2.18. The van der Waals surface area contributed by atoms with Gasteiger partial charge < -0.3 is 4.74 Å². The molecule has 19 heavy (non-hydrogen) atoms. The number of rotatable bonds is 5. The van der Waals surface area contributed by atoms with Gasteiger partial charge in [-0.2, -0.15) is 0 Å². The number of ether oxygens (including phenoxy) is 1. The average Bonchev–Trinajstić information content (AvgIpc) is 2.71. The Bertz CT molecular complexity index is 682. The van der Waals surface area contributed by atoms with E-state index in [9.17, 15) is 8.42 Å². The van der Waals surface area contributed by atoms with Gasteiger partial charge in [0, 0.05) is 7.11 Å². The van der Waals surface area contributed by atoms with E-state index in [4.69, 9.17) is 4.74 Å². The van der Waals surface area contributed by atoms with Gasteiger partial charge in [0.15, 0.2) is 5.82 Å². The van der Waals surface area contributed by atoms with Crippen LogP contribution in [0.1, 0.15) is 12.5 Å². The Hall–Kier alpha value is -1.25. The van der Waals surface area contributed by atoms with E-state index in [2.05, 4.69) is 14.7 Å². The van der Waals surface area contributed by atoms with Crippen LogP contribution in [-0.2, 0) is 14.8 Å². The van der Waals surface area contributed by atoms with Crippen LogP contribution in [0.3, 0.4) is 0 Å². The largest absolute Gasteiger partial charge is 0.381 e. The predicted octanol–water partition coefficient (Wildman–Crippen LogP) is 1.78. The maximum atomic E-state index is 12.0. The smallest absolute Gasteiger partial charge is 0.236 e. The zero-order chi connectivity index (χ0) is 14.0. The summed E-state index contributed by atoms with van der Waals surface area (Å²) >= 11 is 1.42. The number of nitrogens with one attached hydrogen (secondary N) is 1. The Morgan fingerprint density at radius 3 is 2.89 bits per heavy atom. The normalized spacial score (nSPS) is 13.6. The van der Waals surface area contributed by atoms with Crippen molar-refractivity contribution in [3.8, 4) is 0 Å². The molecule has 0 fully saturated rings. The van der Waals surface area contributed by atoms with Gasteiger partial charge in [-0.05, 0) is 24.8 Å². The van der Waals surface area contributed by atoms with Crippen LogP contribution in [0.25, 0.3) is 10.2 Å². The second-order valence-electron chi connectivity index (χ2n) is 4.25. The molecule has 0 radical (unpaired) electrons. The molecule has 0 aromatic carbocycles. The average molecular weight is 301 g/mol. The second kappa shape index (κ2) is 5.40. The van der Waals surface area contributed by atoms with Crippen molar-refractivity contribution in [1.82, 2.24) is 9.97 Å². The van der Waals surface area contributed by atoms with Crippen LogP contribution in [-0.4, -0.2) is 37.4 Å². The fraction of sp³-hybridized carbons (Fsp3) is 0.455. The summed E-state index contributed by atoms with van der Waals surface area (Å²) in [5.74, 6) is 0.214. The van der Waals surface area contributed by atoms with Gasteiger partial charge >= 0.3 is 0 Å². The molecule has 8 heteroatoms. The molecule has 2 heterocycles. The summed E-state index contributed by atoms with van der Waals surface area (Å²) in [7, 11) is -2.01. The van der Waals surface area contributed by atoms with E-state index in [1.165, 1.54) is 24.8 Å². The Morgan fingerprint density at radius 2 is 2.21 bits per heavy atom. The van der Waals surface area contributed by atoms with Gasteiger partial charge in [0.05, 0.1) is 22.1 Å². The SMILES string of the molecule is COC(C)CS(=O)(=O)Nc1ncnc2c(C)csc12. The highest BCUT2D eigenvalue weighted by molar-refractivity contribution is 7.92. The molecule has 0 aliphatic carbocycles. The van der Waals surface area contributed by atoms with Crippen molar-refractivity contribution in [2.24, 2.45) is 0 Å². The van der Waals surface area contributed by atoms with E-state index in [-0.39, 0.29) is 11.9 Å². The summed E-state index contributed by atoms with van der Waals surface area (Å²) in [6, 6.07) is 0. The standard InChI is InChI=1S/C11H15N3O3S2/c1-7-4-18-10-9(7)12-6-13-11(10)14-19(15,16)5-8(2)17-3/h4,6,8H,5H2,1-3H3,(H,12,13,14). The lowest BCUT2D eigenvalue weighted by Gasteiger charge is -2.11. The minimum atomic E-state index is -3.49. The van der Waals surface area contributed by atoms with Crippen LogP contribution < -0.4 is 4.72 Å². The summed E-state index contributed by atoms with van der Waals surface area (Å²) in [5.41, 5.74) is 1.78. The number of hydrogen-bond acceptors (Lipinski definition) is 6. The second-order valence-corrected chi connectivity index (χ2v) is 6.90. The number of methoxy groups -OCH3 is 1. The van der Waals surface area contributed by atoms with Gasteiger partial charge in [0.2, 0.25) is 10.0 Å². The third kappa shape index (κ3) is 3.20. The van der Waals surface area contributed by atoms with Crippen molar-refractivity contribution in [1.29, 1.82) is 0 Å². The maximum absolute atomic E-state index is 12.0. The third-order valence-corrected chi connectivity index (χ3v) is 5.15. The van der Waals surface area contributed by atoms with Gasteiger partial charge in [0.1, 0.15) is 6.33 Å². The van der Waals surface area contributed by atoms with Crippen LogP contribution >= 0.6 is 11.3 Å². The van der Waals surface area contributed by atoms with Gasteiger partial charge in [-0.1, -0.05) is 0 Å². The molecule has 104 valence electrons. The zero-order valence-corrected chi connectivity index (χ0v) is 12.5. The lowest BCUT2D eigenvalue weighted by molar-refractivity contribution is 0.136. The molecule has 1 atom stereocenters. The fourth-order valence-electron chi connectivity index (χ4n) is 1.61. The molecule has 1 N–H and O–H groups in total. The van der Waals surface area contributed by atoms with E-state index < -0.39 is 10.0 Å². The van der Waals surface area contributed by atoms with Crippen molar-refractivity contribution in [2.75, 3.05) is 17.6 Å². The van der Waals surface area contributed by atoms with Crippen molar-refractivity contribution >= 4 is 37.4 Å². The van der Waals surface area contributed by atoms with Crippen molar-refractivity contribution in [3.63, 3.8) is 0 Å². The quantitative estimate of drug-likeness (QED) is 0.910. The monoisotopic (exact) mass is 301 g/mol. The number of sulfonamides is 1. The Morgan fingerprint density at radius 1 is 1.47 bits per heavy atom. The number of thiophene rings is 1. The first kappa shape index (κ1) is 14.2. The molecular formula is C11H15N3O3S2. The molecule has 2 rings (SSSR count). The minimum absolute atomic E-state index is 0.112. The lowest BCUT2D eigenvalue weighted by Crippen LogP contribution is -2.25. The minimum Gasteiger partial charge on any atom is -0.381 e. The molecule has 1 unspecified atom stereocenters. The fourth-order valence-corrected chi connectivity index (χ4v) is 3.91. The number of aryl methyl sites for hydroxylation is 1. The highest BCUT2D eigenvalue weighted by atomic mass is 32.2. The van der Waals surface area contributed by atoms with Crippen LogP contribution in [0, 0.1) is 6.92 Å². The molecule has 0 spiro atoms. The van der Waals surface area contributed by atoms with Crippen LogP contribution in [0.5, 0.6) is 0 Å². The molecular weight excluding hydrogens is 286 g/mol. The van der Waals surface area contributed by atoms with E-state index in [0.717, 1.165) is 15.8 Å². The summed E-state index contributed by atoms with van der Waals surface area (Å²) in [5, 5.41) is 1.93. The number of fused-ring (bicyclic) bond motifs is 1. The molecule has 0 aliphatic heterocycles. The maximum Gasteiger partial charge on any atom is 0.236 e. The van der Waals surface area contributed by atoms with Gasteiger partial charge in [-0.3, -0.25) is 4.72 Å². The Kier molecular flexibility index (Phi) is 4.02. The van der Waals surface area contributed by atoms with Crippen LogP contribution in [0.15, 0.2) is 11.7 Å².